The second-order valence-corrected chi connectivity index (χ2v) is 5.43. The number of ether oxygens (including phenoxy) is 1. The second-order valence-electron chi connectivity index (χ2n) is 5.43. The Morgan fingerprint density at radius 2 is 2.09 bits per heavy atom. The van der Waals surface area contributed by atoms with Crippen LogP contribution in [0.15, 0.2) is 34.7 Å². The minimum Gasteiger partial charge on any atom is -0.485 e. The SMILES string of the molecule is Cc1ccc(OCc2ccc(C(=O)N[C@@H](C)CN)o2)c(C)c1. The molecule has 1 aromatic heterocycles. The maximum atomic E-state index is 11.9. The van der Waals surface area contributed by atoms with Gasteiger partial charge in [0.2, 0.25) is 0 Å². The fourth-order valence-corrected chi connectivity index (χ4v) is 2.04. The molecule has 0 aliphatic carbocycles. The maximum absolute atomic E-state index is 11.9. The Kier molecular flexibility index (Phi) is 5.22. The fraction of sp³-hybridized carbons (Fsp3) is 0.353. The van der Waals surface area contributed by atoms with E-state index in [0.717, 1.165) is 11.3 Å². The Bertz CT molecular complexity index is 649. The highest BCUT2D eigenvalue weighted by Gasteiger charge is 2.13. The molecule has 2 aromatic rings. The summed E-state index contributed by atoms with van der Waals surface area (Å²) in [5.74, 6) is 1.41. The van der Waals surface area contributed by atoms with Gasteiger partial charge in [-0.2, -0.15) is 0 Å². The minimum absolute atomic E-state index is 0.0903. The van der Waals surface area contributed by atoms with Gasteiger partial charge in [0.05, 0.1) is 0 Å². The van der Waals surface area contributed by atoms with Crippen molar-refractivity contribution in [2.24, 2.45) is 5.73 Å². The van der Waals surface area contributed by atoms with Gasteiger partial charge in [0, 0.05) is 12.6 Å². The van der Waals surface area contributed by atoms with Crippen molar-refractivity contribution in [1.82, 2.24) is 5.32 Å². The molecule has 0 fully saturated rings. The van der Waals surface area contributed by atoms with Gasteiger partial charge in [-0.05, 0) is 44.5 Å². The van der Waals surface area contributed by atoms with Crippen LogP contribution in [0.25, 0.3) is 0 Å². The van der Waals surface area contributed by atoms with E-state index in [9.17, 15) is 4.79 Å². The molecular formula is C17H22N2O3. The number of hydrogen-bond acceptors (Lipinski definition) is 4. The molecule has 0 spiro atoms. The molecule has 118 valence electrons. The molecule has 5 nitrogen and oxygen atoms in total. The predicted octanol–water partition coefficient (Wildman–Crippen LogP) is 2.55. The van der Waals surface area contributed by atoms with Crippen LogP contribution >= 0.6 is 0 Å². The lowest BCUT2D eigenvalue weighted by Gasteiger charge is -2.09. The number of aryl methyl sites for hydroxylation is 2. The summed E-state index contributed by atoms with van der Waals surface area (Å²) in [6.45, 7) is 6.54. The van der Waals surface area contributed by atoms with E-state index in [1.807, 2.05) is 32.9 Å². The standard InChI is InChI=1S/C17H22N2O3/c1-11-4-6-15(12(2)8-11)21-10-14-5-7-16(22-14)17(20)19-13(3)9-18/h4-8,13H,9-10,18H2,1-3H3,(H,19,20)/t13-/m0/s1. The van der Waals surface area contributed by atoms with Gasteiger partial charge in [-0.15, -0.1) is 0 Å². The Morgan fingerprint density at radius 3 is 2.77 bits per heavy atom. The van der Waals surface area contributed by atoms with E-state index in [-0.39, 0.29) is 24.3 Å². The largest absolute Gasteiger partial charge is 0.485 e. The molecule has 1 heterocycles. The molecule has 1 aromatic carbocycles. The summed E-state index contributed by atoms with van der Waals surface area (Å²) >= 11 is 0. The number of furan rings is 1. The first kappa shape index (κ1) is 16.1. The van der Waals surface area contributed by atoms with Crippen LogP contribution in [-0.2, 0) is 6.61 Å². The summed E-state index contributed by atoms with van der Waals surface area (Å²) in [6.07, 6.45) is 0. The Balaban J connectivity index is 1.96. The summed E-state index contributed by atoms with van der Waals surface area (Å²) in [5.41, 5.74) is 7.74. The molecule has 0 unspecified atom stereocenters. The minimum atomic E-state index is -0.268. The number of amides is 1. The van der Waals surface area contributed by atoms with E-state index in [4.69, 9.17) is 14.9 Å². The predicted molar refractivity (Wildman–Crippen MR) is 84.9 cm³/mol. The molecule has 5 heteroatoms. The van der Waals surface area contributed by atoms with Gasteiger partial charge in [-0.1, -0.05) is 17.7 Å². The lowest BCUT2D eigenvalue weighted by molar-refractivity contribution is 0.0909. The fourth-order valence-electron chi connectivity index (χ4n) is 2.04. The van der Waals surface area contributed by atoms with Crippen LogP contribution in [0.3, 0.4) is 0 Å². The number of carbonyl (C=O) groups is 1. The van der Waals surface area contributed by atoms with Crippen LogP contribution in [0.2, 0.25) is 0 Å². The average molecular weight is 302 g/mol. The van der Waals surface area contributed by atoms with Gasteiger partial charge in [0.15, 0.2) is 5.76 Å². The molecule has 0 saturated carbocycles. The zero-order valence-corrected chi connectivity index (χ0v) is 13.2. The third kappa shape index (κ3) is 4.11. The lowest BCUT2D eigenvalue weighted by Crippen LogP contribution is -2.37. The maximum Gasteiger partial charge on any atom is 0.287 e. The first-order chi connectivity index (χ1) is 10.5. The summed E-state index contributed by atoms with van der Waals surface area (Å²) in [5, 5.41) is 2.75. The molecule has 1 amide bonds. The highest BCUT2D eigenvalue weighted by atomic mass is 16.5. The first-order valence-electron chi connectivity index (χ1n) is 7.29. The number of nitrogens with one attached hydrogen (secondary N) is 1. The van der Waals surface area contributed by atoms with Gasteiger partial charge in [0.25, 0.3) is 5.91 Å². The lowest BCUT2D eigenvalue weighted by atomic mass is 10.1. The van der Waals surface area contributed by atoms with Crippen molar-refractivity contribution in [2.45, 2.75) is 33.4 Å². The number of rotatable bonds is 6. The van der Waals surface area contributed by atoms with Crippen LogP contribution in [0.5, 0.6) is 5.75 Å². The molecule has 0 radical (unpaired) electrons. The second kappa shape index (κ2) is 7.13. The number of benzene rings is 1. The molecule has 0 bridgehead atoms. The van der Waals surface area contributed by atoms with E-state index in [0.29, 0.717) is 12.3 Å². The van der Waals surface area contributed by atoms with E-state index < -0.39 is 0 Å². The van der Waals surface area contributed by atoms with Crippen molar-refractivity contribution in [2.75, 3.05) is 6.54 Å². The number of hydrogen-bond donors (Lipinski definition) is 2. The summed E-state index contributed by atoms with van der Waals surface area (Å²) < 4.78 is 11.2. The Labute approximate surface area is 130 Å². The third-order valence-corrected chi connectivity index (χ3v) is 3.32. The first-order valence-corrected chi connectivity index (χ1v) is 7.29. The van der Waals surface area contributed by atoms with Crippen molar-refractivity contribution < 1.29 is 13.9 Å². The number of carbonyl (C=O) groups excluding carboxylic acids is 1. The summed E-state index contributed by atoms with van der Waals surface area (Å²) in [4.78, 5) is 11.9. The Morgan fingerprint density at radius 1 is 1.32 bits per heavy atom. The van der Waals surface area contributed by atoms with E-state index in [1.54, 1.807) is 12.1 Å². The topological polar surface area (TPSA) is 77.5 Å². The zero-order valence-electron chi connectivity index (χ0n) is 13.2. The van der Waals surface area contributed by atoms with Crippen LogP contribution < -0.4 is 15.8 Å². The van der Waals surface area contributed by atoms with Crippen molar-refractivity contribution in [3.63, 3.8) is 0 Å². The van der Waals surface area contributed by atoms with E-state index >= 15 is 0 Å². The number of nitrogens with two attached hydrogens (primary N) is 1. The molecule has 22 heavy (non-hydrogen) atoms. The van der Waals surface area contributed by atoms with Gasteiger partial charge in [0.1, 0.15) is 18.1 Å². The van der Waals surface area contributed by atoms with Crippen molar-refractivity contribution in [3.05, 3.63) is 53.0 Å². The van der Waals surface area contributed by atoms with Gasteiger partial charge in [-0.3, -0.25) is 4.79 Å². The van der Waals surface area contributed by atoms with Crippen molar-refractivity contribution in [1.29, 1.82) is 0 Å². The molecular weight excluding hydrogens is 280 g/mol. The highest BCUT2D eigenvalue weighted by Crippen LogP contribution is 2.20. The average Bonchev–Trinajstić information content (AvgIpc) is 2.95. The molecule has 3 N–H and O–H groups in total. The quantitative estimate of drug-likeness (QED) is 0.859. The zero-order chi connectivity index (χ0) is 16.1. The Hall–Kier alpha value is -2.27. The van der Waals surface area contributed by atoms with Gasteiger partial charge in [-0.25, -0.2) is 0 Å². The molecule has 0 aliphatic rings. The monoisotopic (exact) mass is 302 g/mol. The summed E-state index contributed by atoms with van der Waals surface area (Å²) in [6, 6.07) is 9.28. The van der Waals surface area contributed by atoms with Crippen molar-refractivity contribution in [3.8, 4) is 5.75 Å². The third-order valence-electron chi connectivity index (χ3n) is 3.32. The van der Waals surface area contributed by atoms with Gasteiger partial charge >= 0.3 is 0 Å². The molecule has 0 saturated heterocycles. The molecule has 2 rings (SSSR count). The highest BCUT2D eigenvalue weighted by molar-refractivity contribution is 5.91. The van der Waals surface area contributed by atoms with Crippen LogP contribution in [-0.4, -0.2) is 18.5 Å². The smallest absolute Gasteiger partial charge is 0.287 e. The van der Waals surface area contributed by atoms with Crippen molar-refractivity contribution >= 4 is 5.91 Å². The molecule has 1 atom stereocenters. The van der Waals surface area contributed by atoms with Crippen LogP contribution in [0.1, 0.15) is 34.4 Å². The summed E-state index contributed by atoms with van der Waals surface area (Å²) in [7, 11) is 0. The van der Waals surface area contributed by atoms with Crippen LogP contribution in [0.4, 0.5) is 0 Å². The van der Waals surface area contributed by atoms with E-state index in [2.05, 4.69) is 11.4 Å². The van der Waals surface area contributed by atoms with Gasteiger partial charge < -0.3 is 20.2 Å². The molecule has 0 aliphatic heterocycles. The normalized spacial score (nSPS) is 12.0. The van der Waals surface area contributed by atoms with Crippen LogP contribution in [0, 0.1) is 13.8 Å². The van der Waals surface area contributed by atoms with E-state index in [1.165, 1.54) is 5.56 Å².